The summed E-state index contributed by atoms with van der Waals surface area (Å²) in [5.41, 5.74) is 8.21. The van der Waals surface area contributed by atoms with Crippen LogP contribution in [-0.4, -0.2) is 32.3 Å². The predicted octanol–water partition coefficient (Wildman–Crippen LogP) is 1.83. The van der Waals surface area contributed by atoms with Gasteiger partial charge in [-0.15, -0.1) is 12.4 Å². The van der Waals surface area contributed by atoms with Crippen molar-refractivity contribution in [3.8, 4) is 0 Å². The van der Waals surface area contributed by atoms with Crippen molar-refractivity contribution < 1.29 is 4.74 Å². The number of fused-ring (bicyclic) bond motifs is 1. The Labute approximate surface area is 109 Å². The summed E-state index contributed by atoms with van der Waals surface area (Å²) < 4.78 is 5.44. The second-order valence-electron chi connectivity index (χ2n) is 4.28. The Hall–Kier alpha value is -0.770. The van der Waals surface area contributed by atoms with Gasteiger partial charge in [0, 0.05) is 24.8 Å². The second kappa shape index (κ2) is 6.84. The molecule has 1 heterocycles. The molecule has 0 saturated heterocycles. The van der Waals surface area contributed by atoms with Crippen LogP contribution in [0.25, 0.3) is 0 Å². The molecule has 0 aliphatic carbocycles. The molecule has 1 atom stereocenters. The Kier molecular flexibility index (Phi) is 5.75. The number of benzene rings is 1. The van der Waals surface area contributed by atoms with E-state index in [0.29, 0.717) is 19.2 Å². The molecular weight excluding hydrogens is 236 g/mol. The Morgan fingerprint density at radius 3 is 2.88 bits per heavy atom. The van der Waals surface area contributed by atoms with Crippen LogP contribution in [0.5, 0.6) is 0 Å². The molecule has 17 heavy (non-hydrogen) atoms. The number of para-hydroxylation sites is 1. The van der Waals surface area contributed by atoms with E-state index >= 15 is 0 Å². The standard InChI is InChI=1S/C13H20N2O.ClH/c1-11-10-12-4-2-3-5-13(12)15(11)7-9-16-8-6-14;/h2-5,11H,6-10,14H2,1H3;1H. The van der Waals surface area contributed by atoms with Gasteiger partial charge < -0.3 is 15.4 Å². The number of rotatable bonds is 5. The van der Waals surface area contributed by atoms with Crippen LogP contribution in [0.4, 0.5) is 5.69 Å². The molecule has 4 heteroatoms. The zero-order valence-electron chi connectivity index (χ0n) is 10.3. The van der Waals surface area contributed by atoms with Crippen LogP contribution in [0.15, 0.2) is 24.3 Å². The highest BCUT2D eigenvalue weighted by Gasteiger charge is 2.24. The summed E-state index contributed by atoms with van der Waals surface area (Å²) in [7, 11) is 0. The van der Waals surface area contributed by atoms with Gasteiger partial charge in [-0.05, 0) is 25.0 Å². The number of hydrogen-bond acceptors (Lipinski definition) is 3. The highest BCUT2D eigenvalue weighted by Crippen LogP contribution is 2.31. The van der Waals surface area contributed by atoms with E-state index in [2.05, 4.69) is 36.1 Å². The van der Waals surface area contributed by atoms with Gasteiger partial charge in [0.25, 0.3) is 0 Å². The van der Waals surface area contributed by atoms with Gasteiger partial charge in [-0.3, -0.25) is 0 Å². The number of ether oxygens (including phenoxy) is 1. The molecule has 96 valence electrons. The lowest BCUT2D eigenvalue weighted by Gasteiger charge is -2.24. The maximum atomic E-state index is 5.44. The first-order chi connectivity index (χ1) is 7.83. The van der Waals surface area contributed by atoms with Crippen molar-refractivity contribution in [3.63, 3.8) is 0 Å². The Balaban J connectivity index is 0.00000144. The highest BCUT2D eigenvalue weighted by molar-refractivity contribution is 5.85. The lowest BCUT2D eigenvalue weighted by molar-refractivity contribution is 0.147. The van der Waals surface area contributed by atoms with E-state index in [1.165, 1.54) is 11.3 Å². The Bertz CT molecular complexity index is 346. The zero-order valence-corrected chi connectivity index (χ0v) is 11.1. The van der Waals surface area contributed by atoms with Crippen molar-refractivity contribution in [1.29, 1.82) is 0 Å². The maximum Gasteiger partial charge on any atom is 0.0642 e. The van der Waals surface area contributed by atoms with Crippen molar-refractivity contribution in [3.05, 3.63) is 29.8 Å². The van der Waals surface area contributed by atoms with Gasteiger partial charge in [0.05, 0.1) is 13.2 Å². The summed E-state index contributed by atoms with van der Waals surface area (Å²) >= 11 is 0. The predicted molar refractivity (Wildman–Crippen MR) is 74.1 cm³/mol. The molecule has 0 amide bonds. The van der Waals surface area contributed by atoms with Crippen LogP contribution in [0, 0.1) is 0 Å². The summed E-state index contributed by atoms with van der Waals surface area (Å²) in [5, 5.41) is 0. The second-order valence-corrected chi connectivity index (χ2v) is 4.28. The van der Waals surface area contributed by atoms with E-state index in [0.717, 1.165) is 19.6 Å². The van der Waals surface area contributed by atoms with E-state index < -0.39 is 0 Å². The highest BCUT2D eigenvalue weighted by atomic mass is 35.5. The molecule has 0 aromatic heterocycles. The fraction of sp³-hybridized carbons (Fsp3) is 0.538. The third-order valence-corrected chi connectivity index (χ3v) is 3.09. The van der Waals surface area contributed by atoms with Gasteiger partial charge in [0.2, 0.25) is 0 Å². The van der Waals surface area contributed by atoms with E-state index in [1.54, 1.807) is 0 Å². The quantitative estimate of drug-likeness (QED) is 0.817. The minimum Gasteiger partial charge on any atom is -0.378 e. The molecule has 0 bridgehead atoms. The average molecular weight is 257 g/mol. The maximum absolute atomic E-state index is 5.44. The van der Waals surface area contributed by atoms with Crippen LogP contribution in [0.2, 0.25) is 0 Å². The Morgan fingerprint density at radius 1 is 1.35 bits per heavy atom. The normalized spacial score (nSPS) is 17.8. The summed E-state index contributed by atoms with van der Waals surface area (Å²) in [4.78, 5) is 2.42. The minimum atomic E-state index is 0. The topological polar surface area (TPSA) is 38.5 Å². The first-order valence-corrected chi connectivity index (χ1v) is 5.95. The van der Waals surface area contributed by atoms with E-state index in [-0.39, 0.29) is 12.4 Å². The summed E-state index contributed by atoms with van der Waals surface area (Å²) in [6.45, 7) is 5.24. The van der Waals surface area contributed by atoms with Crippen LogP contribution in [-0.2, 0) is 11.2 Å². The van der Waals surface area contributed by atoms with Crippen LogP contribution in [0.3, 0.4) is 0 Å². The molecule has 1 aliphatic rings. The van der Waals surface area contributed by atoms with Gasteiger partial charge in [0.1, 0.15) is 0 Å². The molecule has 2 N–H and O–H groups in total. The van der Waals surface area contributed by atoms with E-state index in [4.69, 9.17) is 10.5 Å². The monoisotopic (exact) mass is 256 g/mol. The number of hydrogen-bond donors (Lipinski definition) is 1. The lowest BCUT2D eigenvalue weighted by Crippen LogP contribution is -2.32. The number of anilines is 1. The molecule has 2 rings (SSSR count). The Morgan fingerprint density at radius 2 is 2.12 bits per heavy atom. The van der Waals surface area contributed by atoms with Gasteiger partial charge in [-0.1, -0.05) is 18.2 Å². The van der Waals surface area contributed by atoms with Gasteiger partial charge >= 0.3 is 0 Å². The molecule has 0 spiro atoms. The SMILES string of the molecule is CC1Cc2ccccc2N1CCOCCN.Cl. The molecule has 1 unspecified atom stereocenters. The minimum absolute atomic E-state index is 0. The van der Waals surface area contributed by atoms with Gasteiger partial charge in [-0.2, -0.15) is 0 Å². The summed E-state index contributed by atoms with van der Waals surface area (Å²) in [6, 6.07) is 9.21. The van der Waals surface area contributed by atoms with Crippen molar-refractivity contribution in [2.24, 2.45) is 5.73 Å². The smallest absolute Gasteiger partial charge is 0.0642 e. The first-order valence-electron chi connectivity index (χ1n) is 5.95. The zero-order chi connectivity index (χ0) is 11.4. The number of nitrogens with two attached hydrogens (primary N) is 1. The molecule has 3 nitrogen and oxygen atoms in total. The van der Waals surface area contributed by atoms with E-state index in [9.17, 15) is 0 Å². The number of halogens is 1. The van der Waals surface area contributed by atoms with Crippen molar-refractivity contribution in [2.75, 3.05) is 31.2 Å². The molecule has 1 aromatic rings. The van der Waals surface area contributed by atoms with Crippen molar-refractivity contribution in [2.45, 2.75) is 19.4 Å². The van der Waals surface area contributed by atoms with Crippen LogP contribution >= 0.6 is 12.4 Å². The summed E-state index contributed by atoms with van der Waals surface area (Å²) in [6.07, 6.45) is 1.15. The fourth-order valence-corrected chi connectivity index (χ4v) is 2.32. The van der Waals surface area contributed by atoms with Gasteiger partial charge in [0.15, 0.2) is 0 Å². The van der Waals surface area contributed by atoms with Crippen molar-refractivity contribution in [1.82, 2.24) is 0 Å². The molecule has 0 saturated carbocycles. The molecule has 1 aliphatic heterocycles. The lowest BCUT2D eigenvalue weighted by atomic mass is 10.1. The molecular formula is C13H21ClN2O. The van der Waals surface area contributed by atoms with Crippen LogP contribution in [0.1, 0.15) is 12.5 Å². The van der Waals surface area contributed by atoms with Crippen molar-refractivity contribution >= 4 is 18.1 Å². The first kappa shape index (κ1) is 14.3. The van der Waals surface area contributed by atoms with Crippen LogP contribution < -0.4 is 10.6 Å². The molecule has 0 fully saturated rings. The number of nitrogens with zero attached hydrogens (tertiary/aromatic N) is 1. The summed E-state index contributed by atoms with van der Waals surface area (Å²) in [5.74, 6) is 0. The third kappa shape index (κ3) is 3.35. The fourth-order valence-electron chi connectivity index (χ4n) is 2.32. The average Bonchev–Trinajstić information content (AvgIpc) is 2.61. The molecule has 0 radical (unpaired) electrons. The largest absolute Gasteiger partial charge is 0.378 e. The third-order valence-electron chi connectivity index (χ3n) is 3.09. The van der Waals surface area contributed by atoms with Gasteiger partial charge in [-0.25, -0.2) is 0 Å². The van der Waals surface area contributed by atoms with E-state index in [1.807, 2.05) is 0 Å². The molecule has 1 aromatic carbocycles.